The molecule has 1 amide bonds. The van der Waals surface area contributed by atoms with Crippen LogP contribution in [0.1, 0.15) is 32.1 Å². The van der Waals surface area contributed by atoms with Gasteiger partial charge in [-0.05, 0) is 32.1 Å². The van der Waals surface area contributed by atoms with E-state index in [0.717, 1.165) is 25.9 Å². The fourth-order valence-corrected chi connectivity index (χ4v) is 2.27. The Morgan fingerprint density at radius 3 is 2.53 bits per heavy atom. The molecule has 1 aliphatic rings. The largest absolute Gasteiger partial charge is 0.481 e. The first-order chi connectivity index (χ1) is 9.16. The van der Waals surface area contributed by atoms with Crippen molar-refractivity contribution < 1.29 is 19.4 Å². The minimum Gasteiger partial charge on any atom is -0.481 e. The molecule has 0 radical (unpaired) electrons. The average Bonchev–Trinajstić information content (AvgIpc) is 2.42. The highest BCUT2D eigenvalue weighted by atomic mass is 16.5. The van der Waals surface area contributed by atoms with Crippen LogP contribution in [0, 0.1) is 11.8 Å². The zero-order valence-corrected chi connectivity index (χ0v) is 11.4. The summed E-state index contributed by atoms with van der Waals surface area (Å²) in [5.74, 6) is -2.03. The van der Waals surface area contributed by atoms with Crippen LogP contribution >= 0.6 is 0 Å². The Kier molecular flexibility index (Phi) is 7.18. The lowest BCUT2D eigenvalue weighted by Gasteiger charge is -2.24. The first-order valence-electron chi connectivity index (χ1n) is 6.81. The molecule has 0 aliphatic heterocycles. The molecule has 5 heteroatoms. The Labute approximate surface area is 114 Å². The fraction of sp³-hybridized carbons (Fsp3) is 0.714. The number of carbonyl (C=O) groups excluding carboxylic acids is 1. The van der Waals surface area contributed by atoms with Gasteiger partial charge in [-0.2, -0.15) is 0 Å². The summed E-state index contributed by atoms with van der Waals surface area (Å²) in [5.41, 5.74) is 0. The van der Waals surface area contributed by atoms with Gasteiger partial charge in [0.15, 0.2) is 0 Å². The van der Waals surface area contributed by atoms with Gasteiger partial charge in [-0.1, -0.05) is 12.2 Å². The molecular weight excluding hydrogens is 246 g/mol. The smallest absolute Gasteiger partial charge is 0.307 e. The van der Waals surface area contributed by atoms with Crippen molar-refractivity contribution in [1.29, 1.82) is 0 Å². The van der Waals surface area contributed by atoms with Crippen LogP contribution in [-0.4, -0.2) is 37.2 Å². The number of nitrogens with one attached hydrogen (secondary N) is 1. The minimum absolute atomic E-state index is 0.136. The molecule has 5 nitrogen and oxygen atoms in total. The Hall–Kier alpha value is -1.36. The molecule has 2 unspecified atom stereocenters. The zero-order chi connectivity index (χ0) is 14.1. The summed E-state index contributed by atoms with van der Waals surface area (Å²) >= 11 is 0. The topological polar surface area (TPSA) is 75.6 Å². The van der Waals surface area contributed by atoms with Crippen LogP contribution in [0.4, 0.5) is 0 Å². The van der Waals surface area contributed by atoms with E-state index in [1.807, 2.05) is 12.2 Å². The summed E-state index contributed by atoms with van der Waals surface area (Å²) in [6, 6.07) is 0. The normalized spacial score (nSPS) is 22.2. The van der Waals surface area contributed by atoms with Gasteiger partial charge in [-0.3, -0.25) is 9.59 Å². The van der Waals surface area contributed by atoms with Crippen molar-refractivity contribution in [3.63, 3.8) is 0 Å². The van der Waals surface area contributed by atoms with Crippen LogP contribution in [0.3, 0.4) is 0 Å². The number of carbonyl (C=O) groups is 2. The van der Waals surface area contributed by atoms with Gasteiger partial charge in [0.25, 0.3) is 0 Å². The quantitative estimate of drug-likeness (QED) is 0.518. The second kappa shape index (κ2) is 8.69. The van der Waals surface area contributed by atoms with E-state index in [0.29, 0.717) is 19.4 Å². The molecule has 2 N–H and O–H groups in total. The van der Waals surface area contributed by atoms with Gasteiger partial charge in [0, 0.05) is 20.3 Å². The van der Waals surface area contributed by atoms with E-state index in [2.05, 4.69) is 5.32 Å². The molecule has 0 saturated carbocycles. The lowest BCUT2D eigenvalue weighted by atomic mass is 9.82. The summed E-state index contributed by atoms with van der Waals surface area (Å²) < 4.78 is 4.94. The number of ether oxygens (including phenoxy) is 1. The summed E-state index contributed by atoms with van der Waals surface area (Å²) in [7, 11) is 1.67. The van der Waals surface area contributed by atoms with Crippen molar-refractivity contribution in [2.24, 2.45) is 11.8 Å². The van der Waals surface area contributed by atoms with E-state index < -0.39 is 17.8 Å². The van der Waals surface area contributed by atoms with Crippen molar-refractivity contribution in [3.05, 3.63) is 12.2 Å². The summed E-state index contributed by atoms with van der Waals surface area (Å²) in [4.78, 5) is 23.1. The van der Waals surface area contributed by atoms with Crippen molar-refractivity contribution in [3.8, 4) is 0 Å². The molecule has 0 spiro atoms. The molecule has 1 aliphatic carbocycles. The lowest BCUT2D eigenvalue weighted by Crippen LogP contribution is -2.39. The molecule has 0 saturated heterocycles. The maximum atomic E-state index is 12.0. The van der Waals surface area contributed by atoms with Crippen LogP contribution in [0.25, 0.3) is 0 Å². The number of carboxylic acid groups (broad SMARTS) is 1. The number of hydrogen-bond acceptors (Lipinski definition) is 3. The van der Waals surface area contributed by atoms with E-state index >= 15 is 0 Å². The molecule has 0 aromatic carbocycles. The molecule has 1 rings (SSSR count). The third-order valence-corrected chi connectivity index (χ3v) is 3.41. The lowest BCUT2D eigenvalue weighted by molar-refractivity contribution is -0.147. The molecule has 0 bridgehead atoms. The third kappa shape index (κ3) is 5.42. The van der Waals surface area contributed by atoms with Gasteiger partial charge in [-0.15, -0.1) is 0 Å². The van der Waals surface area contributed by atoms with Crippen LogP contribution in [0.5, 0.6) is 0 Å². The summed E-state index contributed by atoms with van der Waals surface area (Å²) in [5, 5.41) is 11.9. The van der Waals surface area contributed by atoms with Gasteiger partial charge in [-0.25, -0.2) is 0 Å². The number of rotatable bonds is 8. The second-order valence-corrected chi connectivity index (χ2v) is 4.84. The van der Waals surface area contributed by atoms with Crippen molar-refractivity contribution >= 4 is 11.9 Å². The molecule has 0 aromatic heterocycles. The number of hydrogen-bond donors (Lipinski definition) is 2. The van der Waals surface area contributed by atoms with Crippen LogP contribution in [0.15, 0.2) is 12.2 Å². The predicted molar refractivity (Wildman–Crippen MR) is 71.7 cm³/mol. The number of amides is 1. The first kappa shape index (κ1) is 15.7. The predicted octanol–water partition coefficient (Wildman–Crippen LogP) is 1.59. The molecule has 2 atom stereocenters. The third-order valence-electron chi connectivity index (χ3n) is 3.41. The number of methoxy groups -OCH3 is 1. The monoisotopic (exact) mass is 269 g/mol. The minimum atomic E-state index is -0.885. The van der Waals surface area contributed by atoms with Crippen molar-refractivity contribution in [2.75, 3.05) is 20.3 Å². The molecule has 0 fully saturated rings. The molecule has 19 heavy (non-hydrogen) atoms. The highest BCUT2D eigenvalue weighted by Crippen LogP contribution is 2.25. The SMILES string of the molecule is COCCCCCNC(=O)C1CC=CCC1C(=O)O. The zero-order valence-electron chi connectivity index (χ0n) is 11.4. The average molecular weight is 269 g/mol. The highest BCUT2D eigenvalue weighted by Gasteiger charge is 2.33. The van der Waals surface area contributed by atoms with E-state index in [1.165, 1.54) is 0 Å². The Balaban J connectivity index is 2.27. The van der Waals surface area contributed by atoms with Crippen molar-refractivity contribution in [2.45, 2.75) is 32.1 Å². The number of aliphatic carboxylic acids is 1. The first-order valence-corrected chi connectivity index (χ1v) is 6.81. The summed E-state index contributed by atoms with van der Waals surface area (Å²) in [6.07, 6.45) is 7.58. The molecular formula is C14H23NO4. The maximum absolute atomic E-state index is 12.0. The van der Waals surface area contributed by atoms with E-state index in [9.17, 15) is 9.59 Å². The van der Waals surface area contributed by atoms with E-state index in [-0.39, 0.29) is 5.91 Å². The fourth-order valence-electron chi connectivity index (χ4n) is 2.27. The van der Waals surface area contributed by atoms with Gasteiger partial charge >= 0.3 is 5.97 Å². The second-order valence-electron chi connectivity index (χ2n) is 4.84. The Bertz CT molecular complexity index is 327. The van der Waals surface area contributed by atoms with E-state index in [1.54, 1.807) is 7.11 Å². The highest BCUT2D eigenvalue weighted by molar-refractivity contribution is 5.85. The molecule has 0 heterocycles. The van der Waals surface area contributed by atoms with Crippen LogP contribution in [-0.2, 0) is 14.3 Å². The summed E-state index contributed by atoms with van der Waals surface area (Å²) in [6.45, 7) is 1.34. The standard InChI is InChI=1S/C14H23NO4/c1-19-10-6-2-5-9-15-13(16)11-7-3-4-8-12(11)14(17)18/h3-4,11-12H,2,5-10H2,1H3,(H,15,16)(H,17,18). The van der Waals surface area contributed by atoms with Gasteiger partial charge in [0.2, 0.25) is 5.91 Å². The van der Waals surface area contributed by atoms with Crippen molar-refractivity contribution in [1.82, 2.24) is 5.32 Å². The number of allylic oxidation sites excluding steroid dienone is 2. The molecule has 0 aromatic rings. The Morgan fingerprint density at radius 1 is 1.21 bits per heavy atom. The van der Waals surface area contributed by atoms with Gasteiger partial charge in [0.1, 0.15) is 0 Å². The van der Waals surface area contributed by atoms with Gasteiger partial charge in [0.05, 0.1) is 11.8 Å². The Morgan fingerprint density at radius 2 is 1.89 bits per heavy atom. The molecule has 108 valence electrons. The maximum Gasteiger partial charge on any atom is 0.307 e. The van der Waals surface area contributed by atoms with E-state index in [4.69, 9.17) is 9.84 Å². The van der Waals surface area contributed by atoms with Gasteiger partial charge < -0.3 is 15.2 Å². The number of carboxylic acids is 1. The van der Waals surface area contributed by atoms with Crippen LogP contribution < -0.4 is 5.32 Å². The number of unbranched alkanes of at least 4 members (excludes halogenated alkanes) is 2. The van der Waals surface area contributed by atoms with Crippen LogP contribution in [0.2, 0.25) is 0 Å².